The molecule has 0 bridgehead atoms. The highest BCUT2D eigenvalue weighted by atomic mass is 16.1. The van der Waals surface area contributed by atoms with Crippen molar-refractivity contribution < 1.29 is 4.79 Å². The van der Waals surface area contributed by atoms with Gasteiger partial charge in [-0.3, -0.25) is 9.89 Å². The first-order valence-electron chi connectivity index (χ1n) is 12.2. The van der Waals surface area contributed by atoms with Crippen molar-refractivity contribution >= 4 is 29.1 Å². The number of aromatic nitrogens is 4. The fraction of sp³-hybridized carbons (Fsp3) is 0.286. The van der Waals surface area contributed by atoms with Crippen LogP contribution in [0.4, 0.5) is 23.3 Å². The summed E-state index contributed by atoms with van der Waals surface area (Å²) in [6.07, 6.45) is 7.60. The third kappa shape index (κ3) is 6.12. The molecule has 0 atom stereocenters. The normalized spacial score (nSPS) is 13.6. The van der Waals surface area contributed by atoms with Gasteiger partial charge < -0.3 is 10.6 Å². The van der Waals surface area contributed by atoms with Gasteiger partial charge in [-0.2, -0.15) is 10.1 Å². The van der Waals surface area contributed by atoms with Gasteiger partial charge in [0.05, 0.1) is 0 Å². The van der Waals surface area contributed by atoms with Crippen LogP contribution < -0.4 is 10.6 Å². The number of ketones is 1. The summed E-state index contributed by atoms with van der Waals surface area (Å²) in [6.45, 7) is 2.04. The van der Waals surface area contributed by atoms with Crippen LogP contribution >= 0.6 is 0 Å². The van der Waals surface area contributed by atoms with Crippen molar-refractivity contribution in [2.24, 2.45) is 0 Å². The number of carbonyl (C=O) groups excluding carboxylic acids is 1. The number of nitrogens with zero attached hydrogens (tertiary/aromatic N) is 3. The first kappa shape index (κ1) is 22.8. The molecule has 0 radical (unpaired) electrons. The highest BCUT2D eigenvalue weighted by molar-refractivity contribution is 5.83. The van der Waals surface area contributed by atoms with E-state index in [0.29, 0.717) is 30.5 Å². The first-order chi connectivity index (χ1) is 17.1. The van der Waals surface area contributed by atoms with Gasteiger partial charge in [0.2, 0.25) is 5.95 Å². The van der Waals surface area contributed by atoms with E-state index in [1.807, 2.05) is 55.5 Å². The lowest BCUT2D eigenvalue weighted by atomic mass is 10.0. The third-order valence-electron chi connectivity index (χ3n) is 6.40. The Kier molecular flexibility index (Phi) is 6.84. The van der Waals surface area contributed by atoms with Crippen molar-refractivity contribution in [1.82, 2.24) is 20.2 Å². The molecule has 4 aromatic rings. The van der Waals surface area contributed by atoms with Crippen LogP contribution in [0.5, 0.6) is 0 Å². The molecule has 1 saturated carbocycles. The minimum atomic E-state index is 0.202. The summed E-state index contributed by atoms with van der Waals surface area (Å²) in [5.41, 5.74) is 5.27. The van der Waals surface area contributed by atoms with E-state index in [2.05, 4.69) is 42.9 Å². The molecule has 7 nitrogen and oxygen atoms in total. The second-order valence-electron chi connectivity index (χ2n) is 9.28. The standard InChI is InChI=1S/C28H30N6O/c1-19-5-4-6-21(15-19)17-24(35)16-20-9-11-23(12-10-20)30-28-29-14-13-26(32-28)31-27-18-25(33-34-27)22-7-2-3-8-22/h4-6,9-15,18,22H,2-3,7-8,16-17H2,1H3,(H3,29,30,31,32,33,34). The predicted molar refractivity (Wildman–Crippen MR) is 138 cm³/mol. The average Bonchev–Trinajstić information content (AvgIpc) is 3.53. The maximum Gasteiger partial charge on any atom is 0.229 e. The van der Waals surface area contributed by atoms with E-state index >= 15 is 0 Å². The Hall–Kier alpha value is -4.00. The molecule has 1 fully saturated rings. The molecule has 0 amide bonds. The summed E-state index contributed by atoms with van der Waals surface area (Å²) < 4.78 is 0. The number of carbonyl (C=O) groups is 1. The number of aromatic amines is 1. The molecule has 2 aromatic heterocycles. The van der Waals surface area contributed by atoms with Gasteiger partial charge in [-0.15, -0.1) is 0 Å². The molecule has 2 heterocycles. The third-order valence-corrected chi connectivity index (χ3v) is 6.40. The summed E-state index contributed by atoms with van der Waals surface area (Å²) in [4.78, 5) is 21.4. The van der Waals surface area contributed by atoms with Crippen LogP contribution in [0.25, 0.3) is 0 Å². The number of hydrogen-bond donors (Lipinski definition) is 3. The molecule has 5 rings (SSSR count). The van der Waals surface area contributed by atoms with Gasteiger partial charge in [0.1, 0.15) is 11.6 Å². The number of H-pyrrole nitrogens is 1. The van der Waals surface area contributed by atoms with Gasteiger partial charge in [0, 0.05) is 42.4 Å². The first-order valence-corrected chi connectivity index (χ1v) is 12.2. The van der Waals surface area contributed by atoms with E-state index in [-0.39, 0.29) is 5.78 Å². The van der Waals surface area contributed by atoms with Gasteiger partial charge >= 0.3 is 0 Å². The van der Waals surface area contributed by atoms with Crippen molar-refractivity contribution in [3.63, 3.8) is 0 Å². The van der Waals surface area contributed by atoms with E-state index in [1.165, 1.54) is 36.9 Å². The van der Waals surface area contributed by atoms with Crippen molar-refractivity contribution in [2.45, 2.75) is 51.4 Å². The fourth-order valence-corrected chi connectivity index (χ4v) is 4.64. The zero-order chi connectivity index (χ0) is 24.0. The van der Waals surface area contributed by atoms with E-state index in [9.17, 15) is 4.79 Å². The van der Waals surface area contributed by atoms with Gasteiger partial charge in [-0.1, -0.05) is 54.8 Å². The Morgan fingerprint density at radius 2 is 1.74 bits per heavy atom. The summed E-state index contributed by atoms with van der Waals surface area (Å²) in [6, 6.07) is 19.8. The molecule has 7 heteroatoms. The lowest BCUT2D eigenvalue weighted by molar-refractivity contribution is -0.117. The zero-order valence-electron chi connectivity index (χ0n) is 19.9. The van der Waals surface area contributed by atoms with E-state index in [0.717, 1.165) is 22.6 Å². The quantitative estimate of drug-likeness (QED) is 0.280. The lowest BCUT2D eigenvalue weighted by Crippen LogP contribution is -2.07. The van der Waals surface area contributed by atoms with Crippen molar-refractivity contribution in [3.8, 4) is 0 Å². The molecular weight excluding hydrogens is 436 g/mol. The van der Waals surface area contributed by atoms with Gasteiger partial charge in [0.15, 0.2) is 5.82 Å². The molecular formula is C28H30N6O. The van der Waals surface area contributed by atoms with Crippen LogP contribution in [-0.2, 0) is 17.6 Å². The Morgan fingerprint density at radius 3 is 2.54 bits per heavy atom. The average molecular weight is 467 g/mol. The molecule has 0 saturated heterocycles. The molecule has 0 unspecified atom stereocenters. The van der Waals surface area contributed by atoms with Crippen molar-refractivity contribution in [3.05, 3.63) is 89.2 Å². The SMILES string of the molecule is Cc1cccc(CC(=O)Cc2ccc(Nc3nccc(Nc4cc(C5CCCC5)[nH]n4)n3)cc2)c1. The van der Waals surface area contributed by atoms with Gasteiger partial charge in [-0.05, 0) is 49.1 Å². The highest BCUT2D eigenvalue weighted by Gasteiger charge is 2.19. The zero-order valence-corrected chi connectivity index (χ0v) is 19.9. The largest absolute Gasteiger partial charge is 0.324 e. The van der Waals surface area contributed by atoms with Crippen LogP contribution in [-0.4, -0.2) is 25.9 Å². The summed E-state index contributed by atoms with van der Waals surface area (Å²) in [5, 5.41) is 14.0. The van der Waals surface area contributed by atoms with E-state index in [1.54, 1.807) is 6.20 Å². The van der Waals surface area contributed by atoms with Crippen LogP contribution in [0.3, 0.4) is 0 Å². The highest BCUT2D eigenvalue weighted by Crippen LogP contribution is 2.34. The Balaban J connectivity index is 1.17. The molecule has 2 aromatic carbocycles. The number of anilines is 4. The maximum absolute atomic E-state index is 12.5. The topological polar surface area (TPSA) is 95.6 Å². The number of aryl methyl sites for hydroxylation is 1. The van der Waals surface area contributed by atoms with Gasteiger partial charge in [0.25, 0.3) is 0 Å². The van der Waals surface area contributed by atoms with E-state index < -0.39 is 0 Å². The van der Waals surface area contributed by atoms with E-state index in [4.69, 9.17) is 0 Å². The summed E-state index contributed by atoms with van der Waals surface area (Å²) in [7, 11) is 0. The lowest BCUT2D eigenvalue weighted by Gasteiger charge is -2.08. The number of nitrogens with one attached hydrogen (secondary N) is 3. The fourth-order valence-electron chi connectivity index (χ4n) is 4.64. The van der Waals surface area contributed by atoms with Crippen LogP contribution in [0.15, 0.2) is 66.9 Å². The number of hydrogen-bond acceptors (Lipinski definition) is 6. The van der Waals surface area contributed by atoms with Crippen molar-refractivity contribution in [1.29, 1.82) is 0 Å². The minimum Gasteiger partial charge on any atom is -0.324 e. The number of rotatable bonds is 9. The molecule has 3 N–H and O–H groups in total. The predicted octanol–water partition coefficient (Wildman–Crippen LogP) is 6.01. The Labute approximate surface area is 205 Å². The second-order valence-corrected chi connectivity index (χ2v) is 9.28. The molecule has 178 valence electrons. The van der Waals surface area contributed by atoms with Crippen LogP contribution in [0, 0.1) is 6.92 Å². The van der Waals surface area contributed by atoms with Gasteiger partial charge in [-0.25, -0.2) is 4.98 Å². The number of Topliss-reactive ketones (excluding diaryl/α,β-unsaturated/α-hetero) is 1. The Morgan fingerprint density at radius 1 is 0.943 bits per heavy atom. The molecule has 1 aliphatic carbocycles. The Bertz CT molecular complexity index is 1290. The monoisotopic (exact) mass is 466 g/mol. The van der Waals surface area contributed by atoms with Crippen molar-refractivity contribution in [2.75, 3.05) is 10.6 Å². The molecule has 35 heavy (non-hydrogen) atoms. The maximum atomic E-state index is 12.5. The van der Waals surface area contributed by atoms with Crippen LogP contribution in [0.2, 0.25) is 0 Å². The molecule has 0 aliphatic heterocycles. The van der Waals surface area contributed by atoms with Crippen LogP contribution in [0.1, 0.15) is 54.0 Å². The molecule has 0 spiro atoms. The number of benzene rings is 2. The molecule has 1 aliphatic rings. The second kappa shape index (κ2) is 10.5. The summed E-state index contributed by atoms with van der Waals surface area (Å²) >= 11 is 0. The minimum absolute atomic E-state index is 0.202. The smallest absolute Gasteiger partial charge is 0.229 e. The summed E-state index contributed by atoms with van der Waals surface area (Å²) in [5.74, 6) is 2.71.